The third-order valence-corrected chi connectivity index (χ3v) is 5.74. The molecule has 2 aromatic heterocycles. The third-order valence-electron chi connectivity index (χ3n) is 4.61. The first kappa shape index (κ1) is 18.0. The predicted octanol–water partition coefficient (Wildman–Crippen LogP) is 2.23. The average Bonchev–Trinajstić information content (AvgIpc) is 3.24. The van der Waals surface area contributed by atoms with Crippen molar-refractivity contribution in [3.63, 3.8) is 0 Å². The number of aryl methyl sites for hydroxylation is 1. The number of piperidine rings is 1. The Labute approximate surface area is 151 Å². The molecular formula is C17H24N4O3S. The fourth-order valence-corrected chi connectivity index (χ4v) is 3.77. The Kier molecular flexibility index (Phi) is 5.51. The quantitative estimate of drug-likeness (QED) is 0.876. The zero-order chi connectivity index (χ0) is 18.0. The zero-order valence-electron chi connectivity index (χ0n) is 14.8. The first-order valence-corrected chi connectivity index (χ1v) is 9.37. The molecule has 0 bridgehead atoms. The normalized spacial score (nSPS) is 17.6. The molecule has 0 saturated carbocycles. The molecule has 1 amide bonds. The van der Waals surface area contributed by atoms with Crippen LogP contribution in [0, 0.1) is 6.92 Å². The van der Waals surface area contributed by atoms with Crippen LogP contribution in [-0.2, 0) is 6.54 Å². The fourth-order valence-electron chi connectivity index (χ4n) is 2.87. The van der Waals surface area contributed by atoms with Crippen LogP contribution in [-0.4, -0.2) is 57.2 Å². The first-order chi connectivity index (χ1) is 11.9. The number of thiazole rings is 1. The lowest BCUT2D eigenvalue weighted by Crippen LogP contribution is -2.35. The van der Waals surface area contributed by atoms with E-state index in [0.29, 0.717) is 18.0 Å². The van der Waals surface area contributed by atoms with Crippen LogP contribution in [0.2, 0.25) is 0 Å². The summed E-state index contributed by atoms with van der Waals surface area (Å²) < 4.78 is 5.34. The number of carbonyl (C=O) groups excluding carboxylic acids is 1. The van der Waals surface area contributed by atoms with Crippen LogP contribution < -0.4 is 0 Å². The maximum atomic E-state index is 12.6. The molecule has 3 rings (SSSR count). The number of aliphatic hydroxyl groups is 1. The fraction of sp³-hybridized carbons (Fsp3) is 0.588. The van der Waals surface area contributed by atoms with Gasteiger partial charge in [-0.05, 0) is 26.7 Å². The average molecular weight is 364 g/mol. The molecule has 2 aromatic rings. The van der Waals surface area contributed by atoms with E-state index in [0.717, 1.165) is 36.6 Å². The number of rotatable bonds is 5. The van der Waals surface area contributed by atoms with E-state index >= 15 is 0 Å². The van der Waals surface area contributed by atoms with E-state index in [2.05, 4.69) is 15.0 Å². The predicted molar refractivity (Wildman–Crippen MR) is 94.4 cm³/mol. The van der Waals surface area contributed by atoms with Gasteiger partial charge in [0.15, 0.2) is 11.5 Å². The van der Waals surface area contributed by atoms with Crippen molar-refractivity contribution in [1.82, 2.24) is 19.9 Å². The van der Waals surface area contributed by atoms with E-state index in [1.165, 1.54) is 0 Å². The third kappa shape index (κ3) is 4.26. The van der Waals surface area contributed by atoms with E-state index in [9.17, 15) is 9.90 Å². The van der Waals surface area contributed by atoms with E-state index in [4.69, 9.17) is 4.52 Å². The molecule has 1 saturated heterocycles. The molecule has 1 fully saturated rings. The van der Waals surface area contributed by atoms with Crippen LogP contribution in [0.25, 0.3) is 0 Å². The van der Waals surface area contributed by atoms with Gasteiger partial charge in [0.2, 0.25) is 0 Å². The van der Waals surface area contributed by atoms with E-state index in [1.54, 1.807) is 29.4 Å². The molecule has 3 heterocycles. The van der Waals surface area contributed by atoms with Crippen LogP contribution >= 0.6 is 11.3 Å². The van der Waals surface area contributed by atoms with Crippen molar-refractivity contribution in [3.05, 3.63) is 33.6 Å². The van der Waals surface area contributed by atoms with Gasteiger partial charge in [-0.15, -0.1) is 11.3 Å². The smallest absolute Gasteiger partial charge is 0.276 e. The molecule has 25 heavy (non-hydrogen) atoms. The van der Waals surface area contributed by atoms with E-state index in [1.807, 2.05) is 19.2 Å². The molecule has 0 aromatic carbocycles. The standard InChI is InChI=1S/C17H24N4O3S/c1-11-10-25-16(18-11)12(2)20(3)17(23)15-8-14(24-19-15)9-21-6-4-13(22)5-7-21/h8,10,12-13,22H,4-7,9H2,1-3H3/t12-/m0/s1. The highest BCUT2D eigenvalue weighted by Gasteiger charge is 2.25. The Hall–Kier alpha value is -1.77. The van der Waals surface area contributed by atoms with Crippen molar-refractivity contribution in [2.45, 2.75) is 45.4 Å². The van der Waals surface area contributed by atoms with Gasteiger partial charge in [-0.2, -0.15) is 0 Å². The summed E-state index contributed by atoms with van der Waals surface area (Å²) in [6.45, 7) is 6.16. The van der Waals surface area contributed by atoms with Gasteiger partial charge < -0.3 is 14.5 Å². The lowest BCUT2D eigenvalue weighted by molar-refractivity contribution is 0.0724. The summed E-state index contributed by atoms with van der Waals surface area (Å²) in [5, 5.41) is 16.4. The highest BCUT2D eigenvalue weighted by Crippen LogP contribution is 2.24. The molecule has 1 aliphatic rings. The van der Waals surface area contributed by atoms with Crippen molar-refractivity contribution in [1.29, 1.82) is 0 Å². The number of hydrogen-bond acceptors (Lipinski definition) is 7. The van der Waals surface area contributed by atoms with Gasteiger partial charge in [0.25, 0.3) is 5.91 Å². The van der Waals surface area contributed by atoms with Crippen LogP contribution in [0.15, 0.2) is 16.0 Å². The number of carbonyl (C=O) groups is 1. The van der Waals surface area contributed by atoms with Gasteiger partial charge in [-0.1, -0.05) is 5.16 Å². The number of likely N-dealkylation sites (tertiary alicyclic amines) is 1. The second-order valence-electron chi connectivity index (χ2n) is 6.60. The maximum Gasteiger partial charge on any atom is 0.276 e. The Bertz CT molecular complexity index is 721. The van der Waals surface area contributed by atoms with Crippen molar-refractivity contribution in [2.24, 2.45) is 0 Å². The first-order valence-electron chi connectivity index (χ1n) is 8.49. The molecule has 0 spiro atoms. The topological polar surface area (TPSA) is 82.7 Å². The number of amides is 1. The SMILES string of the molecule is Cc1csc([C@H](C)N(C)C(=O)c2cc(CN3CCC(O)CC3)on2)n1. The van der Waals surface area contributed by atoms with Gasteiger partial charge in [0.1, 0.15) is 5.01 Å². The summed E-state index contributed by atoms with van der Waals surface area (Å²) >= 11 is 1.55. The van der Waals surface area contributed by atoms with E-state index in [-0.39, 0.29) is 18.1 Å². The minimum absolute atomic E-state index is 0.116. The molecule has 1 N–H and O–H groups in total. The minimum Gasteiger partial charge on any atom is -0.393 e. The largest absolute Gasteiger partial charge is 0.393 e. The lowest BCUT2D eigenvalue weighted by Gasteiger charge is -2.28. The van der Waals surface area contributed by atoms with Gasteiger partial charge in [-0.25, -0.2) is 4.98 Å². The molecule has 7 nitrogen and oxygen atoms in total. The molecule has 0 aliphatic carbocycles. The van der Waals surface area contributed by atoms with E-state index < -0.39 is 0 Å². The number of aliphatic hydroxyl groups excluding tert-OH is 1. The summed E-state index contributed by atoms with van der Waals surface area (Å²) in [5.74, 6) is 0.496. The molecule has 0 radical (unpaired) electrons. The van der Waals surface area contributed by atoms with Crippen LogP contribution in [0.5, 0.6) is 0 Å². The number of aromatic nitrogens is 2. The molecule has 136 valence electrons. The number of nitrogens with zero attached hydrogens (tertiary/aromatic N) is 4. The summed E-state index contributed by atoms with van der Waals surface area (Å²) in [6.07, 6.45) is 1.34. The summed E-state index contributed by atoms with van der Waals surface area (Å²) in [7, 11) is 1.75. The van der Waals surface area contributed by atoms with Crippen molar-refractivity contribution in [3.8, 4) is 0 Å². The maximum absolute atomic E-state index is 12.6. The number of hydrogen-bond donors (Lipinski definition) is 1. The monoisotopic (exact) mass is 364 g/mol. The van der Waals surface area contributed by atoms with Gasteiger partial charge in [0, 0.05) is 37.3 Å². The highest BCUT2D eigenvalue weighted by atomic mass is 32.1. The van der Waals surface area contributed by atoms with Crippen LogP contribution in [0.3, 0.4) is 0 Å². The molecule has 8 heteroatoms. The van der Waals surface area contributed by atoms with Crippen LogP contribution in [0.1, 0.15) is 52.8 Å². The molecule has 0 unspecified atom stereocenters. The summed E-state index contributed by atoms with van der Waals surface area (Å²) in [5.41, 5.74) is 1.28. The van der Waals surface area contributed by atoms with Crippen LogP contribution in [0.4, 0.5) is 0 Å². The molecule has 1 aliphatic heterocycles. The van der Waals surface area contributed by atoms with Crippen molar-refractivity contribution in [2.75, 3.05) is 20.1 Å². The van der Waals surface area contributed by atoms with Crippen molar-refractivity contribution >= 4 is 17.2 Å². The highest BCUT2D eigenvalue weighted by molar-refractivity contribution is 7.09. The Morgan fingerprint density at radius 1 is 1.52 bits per heavy atom. The Balaban J connectivity index is 1.61. The second kappa shape index (κ2) is 7.63. The van der Waals surface area contributed by atoms with Gasteiger partial charge >= 0.3 is 0 Å². The van der Waals surface area contributed by atoms with Gasteiger partial charge in [-0.3, -0.25) is 9.69 Å². The molecule has 1 atom stereocenters. The Morgan fingerprint density at radius 2 is 2.24 bits per heavy atom. The zero-order valence-corrected chi connectivity index (χ0v) is 15.6. The summed E-state index contributed by atoms with van der Waals surface area (Å²) in [4.78, 5) is 20.9. The summed E-state index contributed by atoms with van der Waals surface area (Å²) in [6, 6.07) is 1.60. The lowest BCUT2D eigenvalue weighted by atomic mass is 10.1. The Morgan fingerprint density at radius 3 is 2.88 bits per heavy atom. The minimum atomic E-state index is -0.201. The van der Waals surface area contributed by atoms with Crippen molar-refractivity contribution < 1.29 is 14.4 Å². The molecular weight excluding hydrogens is 340 g/mol. The van der Waals surface area contributed by atoms with Gasteiger partial charge in [0.05, 0.1) is 18.7 Å². The second-order valence-corrected chi connectivity index (χ2v) is 7.49.